The molecule has 0 fully saturated rings. The highest BCUT2D eigenvalue weighted by atomic mass is 32.1. The van der Waals surface area contributed by atoms with Crippen molar-refractivity contribution in [2.45, 2.75) is 27.2 Å². The summed E-state index contributed by atoms with van der Waals surface area (Å²) < 4.78 is 0. The molecular weight excluding hydrogens is 214 g/mol. The van der Waals surface area contributed by atoms with Gasteiger partial charge in [0.2, 0.25) is 0 Å². The summed E-state index contributed by atoms with van der Waals surface area (Å²) in [6.07, 6.45) is 3.07. The second-order valence-electron chi connectivity index (χ2n) is 4.58. The van der Waals surface area contributed by atoms with Crippen molar-refractivity contribution >= 4 is 11.3 Å². The van der Waals surface area contributed by atoms with E-state index in [-0.39, 0.29) is 0 Å². The first-order valence-electron chi connectivity index (χ1n) is 5.67. The Kier molecular flexibility index (Phi) is 3.39. The zero-order chi connectivity index (χ0) is 11.5. The molecule has 0 aliphatic carbocycles. The van der Waals surface area contributed by atoms with Crippen LogP contribution in [-0.4, -0.2) is 4.98 Å². The molecule has 0 radical (unpaired) electrons. The molecule has 2 rings (SSSR count). The van der Waals surface area contributed by atoms with Gasteiger partial charge >= 0.3 is 0 Å². The molecule has 0 spiro atoms. The van der Waals surface area contributed by atoms with Crippen LogP contribution >= 0.6 is 11.3 Å². The fourth-order valence-corrected chi connectivity index (χ4v) is 2.74. The molecule has 0 bridgehead atoms. The Morgan fingerprint density at radius 2 is 1.88 bits per heavy atom. The molecule has 0 aliphatic heterocycles. The van der Waals surface area contributed by atoms with Crippen molar-refractivity contribution in [2.24, 2.45) is 5.92 Å². The second kappa shape index (κ2) is 4.79. The zero-order valence-corrected chi connectivity index (χ0v) is 10.8. The van der Waals surface area contributed by atoms with Crippen LogP contribution in [0.1, 0.15) is 24.4 Å². The summed E-state index contributed by atoms with van der Waals surface area (Å²) in [7, 11) is 0. The number of benzene rings is 1. The van der Waals surface area contributed by atoms with E-state index in [9.17, 15) is 0 Å². The molecule has 1 nitrogen and oxygen atoms in total. The minimum atomic E-state index is 0.678. The van der Waals surface area contributed by atoms with E-state index in [1.165, 1.54) is 21.0 Å². The van der Waals surface area contributed by atoms with E-state index in [1.807, 2.05) is 17.5 Å². The molecule has 2 aromatic rings. The molecule has 84 valence electrons. The number of hydrogen-bond acceptors (Lipinski definition) is 2. The molecule has 0 aliphatic rings. The fraction of sp³-hybridized carbons (Fsp3) is 0.357. The maximum Gasteiger partial charge on any atom is 0.0933 e. The summed E-state index contributed by atoms with van der Waals surface area (Å²) in [6.45, 7) is 6.57. The van der Waals surface area contributed by atoms with E-state index < -0.39 is 0 Å². The molecule has 0 saturated carbocycles. The summed E-state index contributed by atoms with van der Waals surface area (Å²) in [5, 5.41) is 1.24. The Balaban J connectivity index is 2.21. The largest absolute Gasteiger partial charge is 0.249 e. The van der Waals surface area contributed by atoms with Crippen molar-refractivity contribution in [3.63, 3.8) is 0 Å². The quantitative estimate of drug-likeness (QED) is 0.766. The average Bonchev–Trinajstić information content (AvgIpc) is 2.66. The van der Waals surface area contributed by atoms with Crippen LogP contribution in [0.4, 0.5) is 0 Å². The number of aromatic nitrogens is 1. The van der Waals surface area contributed by atoms with Crippen LogP contribution in [0.3, 0.4) is 0 Å². The summed E-state index contributed by atoms with van der Waals surface area (Å²) in [4.78, 5) is 5.75. The molecule has 16 heavy (non-hydrogen) atoms. The van der Waals surface area contributed by atoms with Crippen molar-refractivity contribution in [3.05, 3.63) is 41.0 Å². The normalized spacial score (nSPS) is 11.0. The number of thiazole rings is 1. The second-order valence-corrected chi connectivity index (χ2v) is 5.70. The number of aryl methyl sites for hydroxylation is 1. The summed E-state index contributed by atoms with van der Waals surface area (Å²) >= 11 is 1.81. The van der Waals surface area contributed by atoms with Gasteiger partial charge in [-0.2, -0.15) is 0 Å². The lowest BCUT2D eigenvalue weighted by Gasteiger charge is -1.99. The Labute approximate surface area is 101 Å². The van der Waals surface area contributed by atoms with E-state index in [4.69, 9.17) is 0 Å². The van der Waals surface area contributed by atoms with Crippen molar-refractivity contribution < 1.29 is 0 Å². The smallest absolute Gasteiger partial charge is 0.0933 e. The highest BCUT2D eigenvalue weighted by Crippen LogP contribution is 2.27. The first-order valence-corrected chi connectivity index (χ1v) is 6.48. The van der Waals surface area contributed by atoms with E-state index in [0.717, 1.165) is 6.42 Å². The average molecular weight is 231 g/mol. The van der Waals surface area contributed by atoms with E-state index >= 15 is 0 Å². The minimum absolute atomic E-state index is 0.678. The van der Waals surface area contributed by atoms with Gasteiger partial charge in [-0.25, -0.2) is 4.98 Å². The molecule has 1 aromatic carbocycles. The van der Waals surface area contributed by atoms with Crippen LogP contribution in [0.25, 0.3) is 10.4 Å². The van der Waals surface area contributed by atoms with Crippen LogP contribution in [0.5, 0.6) is 0 Å². The molecule has 1 aromatic heterocycles. The Morgan fingerprint density at radius 1 is 1.19 bits per heavy atom. The van der Waals surface area contributed by atoms with Gasteiger partial charge in [0.15, 0.2) is 0 Å². The molecule has 2 heteroatoms. The molecule has 0 saturated heterocycles. The van der Waals surface area contributed by atoms with Crippen molar-refractivity contribution in [1.29, 1.82) is 0 Å². The molecule has 0 N–H and O–H groups in total. The van der Waals surface area contributed by atoms with Crippen molar-refractivity contribution in [3.8, 4) is 10.4 Å². The maximum absolute atomic E-state index is 4.47. The molecule has 0 unspecified atom stereocenters. The predicted octanol–water partition coefficient (Wildman–Crippen LogP) is 4.32. The van der Waals surface area contributed by atoms with Gasteiger partial charge < -0.3 is 0 Å². The molecule has 1 heterocycles. The van der Waals surface area contributed by atoms with Gasteiger partial charge in [-0.15, -0.1) is 11.3 Å². The van der Waals surface area contributed by atoms with Gasteiger partial charge in [0, 0.05) is 12.6 Å². The summed E-state index contributed by atoms with van der Waals surface area (Å²) in [6, 6.07) is 8.64. The topological polar surface area (TPSA) is 12.9 Å². The number of rotatable bonds is 3. The van der Waals surface area contributed by atoms with Gasteiger partial charge in [0.05, 0.1) is 9.88 Å². The maximum atomic E-state index is 4.47. The molecular formula is C14H17NS. The lowest BCUT2D eigenvalue weighted by molar-refractivity contribution is 0.644. The SMILES string of the molecule is Cc1ccc(-c2cnc(CC(C)C)s2)cc1. The summed E-state index contributed by atoms with van der Waals surface area (Å²) in [5.74, 6) is 0.678. The number of nitrogens with zero attached hydrogens (tertiary/aromatic N) is 1. The lowest BCUT2D eigenvalue weighted by atomic mass is 10.1. The predicted molar refractivity (Wildman–Crippen MR) is 70.8 cm³/mol. The van der Waals surface area contributed by atoms with Crippen LogP contribution in [0, 0.1) is 12.8 Å². The Bertz CT molecular complexity index is 454. The third-order valence-corrected chi connectivity index (χ3v) is 3.54. The van der Waals surface area contributed by atoms with Gasteiger partial charge in [-0.05, 0) is 18.4 Å². The van der Waals surface area contributed by atoms with Crippen LogP contribution in [0.15, 0.2) is 30.5 Å². The molecule has 0 atom stereocenters. The van der Waals surface area contributed by atoms with E-state index in [1.54, 1.807) is 0 Å². The van der Waals surface area contributed by atoms with Crippen LogP contribution < -0.4 is 0 Å². The van der Waals surface area contributed by atoms with Crippen LogP contribution in [-0.2, 0) is 6.42 Å². The van der Waals surface area contributed by atoms with Gasteiger partial charge in [-0.3, -0.25) is 0 Å². The minimum Gasteiger partial charge on any atom is -0.249 e. The highest BCUT2D eigenvalue weighted by molar-refractivity contribution is 7.15. The van der Waals surface area contributed by atoms with Crippen LogP contribution in [0.2, 0.25) is 0 Å². The molecule has 0 amide bonds. The van der Waals surface area contributed by atoms with Gasteiger partial charge in [0.25, 0.3) is 0 Å². The lowest BCUT2D eigenvalue weighted by Crippen LogP contribution is -1.91. The van der Waals surface area contributed by atoms with Gasteiger partial charge in [-0.1, -0.05) is 43.7 Å². The Morgan fingerprint density at radius 3 is 2.50 bits per heavy atom. The summed E-state index contributed by atoms with van der Waals surface area (Å²) in [5.41, 5.74) is 2.58. The first-order chi connectivity index (χ1) is 7.65. The third kappa shape index (κ3) is 2.70. The monoisotopic (exact) mass is 231 g/mol. The third-order valence-electron chi connectivity index (χ3n) is 2.47. The number of hydrogen-bond donors (Lipinski definition) is 0. The first kappa shape index (κ1) is 11.3. The fourth-order valence-electron chi connectivity index (χ4n) is 1.61. The van der Waals surface area contributed by atoms with Gasteiger partial charge in [0.1, 0.15) is 0 Å². The van der Waals surface area contributed by atoms with E-state index in [2.05, 4.69) is 50.0 Å². The Hall–Kier alpha value is -1.15. The zero-order valence-electron chi connectivity index (χ0n) is 10.0. The van der Waals surface area contributed by atoms with E-state index in [0.29, 0.717) is 5.92 Å². The highest BCUT2D eigenvalue weighted by Gasteiger charge is 2.05. The van der Waals surface area contributed by atoms with Crippen molar-refractivity contribution in [1.82, 2.24) is 4.98 Å². The standard InChI is InChI=1S/C14H17NS/c1-10(2)8-14-15-9-13(16-14)12-6-4-11(3)5-7-12/h4-7,9-10H,8H2,1-3H3. The van der Waals surface area contributed by atoms with Crippen molar-refractivity contribution in [2.75, 3.05) is 0 Å².